The second-order valence-electron chi connectivity index (χ2n) is 9.24. The van der Waals surface area contributed by atoms with Crippen molar-refractivity contribution >= 4 is 23.3 Å². The van der Waals surface area contributed by atoms with Crippen molar-refractivity contribution in [2.75, 3.05) is 24.1 Å². The lowest BCUT2D eigenvalue weighted by atomic mass is 9.97. The quantitative estimate of drug-likeness (QED) is 0.221. The molecular formula is C34H28N2O3. The average molecular weight is 513 g/mol. The van der Waals surface area contributed by atoms with Crippen LogP contribution in [0.15, 0.2) is 133 Å². The van der Waals surface area contributed by atoms with Crippen molar-refractivity contribution < 1.29 is 14.4 Å². The van der Waals surface area contributed by atoms with Gasteiger partial charge in [-0.1, -0.05) is 91.0 Å². The summed E-state index contributed by atoms with van der Waals surface area (Å²) in [5, 5.41) is 1.06. The number of benzene rings is 5. The molecule has 0 N–H and O–H groups in total. The zero-order valence-corrected chi connectivity index (χ0v) is 21.8. The highest BCUT2D eigenvalue weighted by Crippen LogP contribution is 2.29. The molecule has 0 aromatic heterocycles. The molecule has 0 aliphatic heterocycles. The van der Waals surface area contributed by atoms with Crippen LogP contribution in [0.3, 0.4) is 0 Å². The van der Waals surface area contributed by atoms with Crippen LogP contribution in [-0.4, -0.2) is 26.0 Å². The van der Waals surface area contributed by atoms with Gasteiger partial charge < -0.3 is 9.74 Å². The molecule has 0 radical (unpaired) electrons. The number of para-hydroxylation sites is 1. The molecule has 39 heavy (non-hydrogen) atoms. The van der Waals surface area contributed by atoms with Crippen molar-refractivity contribution in [2.24, 2.45) is 0 Å². The van der Waals surface area contributed by atoms with Gasteiger partial charge in [-0.3, -0.25) is 4.79 Å². The van der Waals surface area contributed by atoms with Crippen LogP contribution in [0.25, 0.3) is 22.3 Å². The average Bonchev–Trinajstić information content (AvgIpc) is 3.00. The summed E-state index contributed by atoms with van der Waals surface area (Å²) in [5.41, 5.74) is 5.98. The third kappa shape index (κ3) is 5.73. The van der Waals surface area contributed by atoms with Gasteiger partial charge in [-0.05, 0) is 64.7 Å². The van der Waals surface area contributed by atoms with Crippen molar-refractivity contribution in [3.05, 3.63) is 145 Å². The number of amides is 1. The van der Waals surface area contributed by atoms with E-state index in [0.717, 1.165) is 33.0 Å². The van der Waals surface area contributed by atoms with Crippen molar-refractivity contribution in [3.63, 3.8) is 0 Å². The molecule has 0 spiro atoms. The fourth-order valence-corrected chi connectivity index (χ4v) is 4.31. The van der Waals surface area contributed by atoms with Gasteiger partial charge in [0.15, 0.2) is 0 Å². The Bertz CT molecular complexity index is 1560. The number of hydroxylamine groups is 1. The zero-order chi connectivity index (χ0) is 27.2. The van der Waals surface area contributed by atoms with Crippen LogP contribution in [-0.2, 0) is 4.84 Å². The van der Waals surface area contributed by atoms with Gasteiger partial charge >= 0.3 is 5.97 Å². The summed E-state index contributed by atoms with van der Waals surface area (Å²) in [6.45, 7) is 0. The normalized spacial score (nSPS) is 10.5. The maximum absolute atomic E-state index is 13.6. The van der Waals surface area contributed by atoms with Gasteiger partial charge in [0.05, 0.1) is 11.3 Å². The number of hydrogen-bond donors (Lipinski definition) is 0. The van der Waals surface area contributed by atoms with Gasteiger partial charge in [0.25, 0.3) is 5.91 Å². The summed E-state index contributed by atoms with van der Waals surface area (Å²) < 4.78 is 0. The fraction of sp³-hybridized carbons (Fsp3) is 0.0588. The topological polar surface area (TPSA) is 49.9 Å². The monoisotopic (exact) mass is 512 g/mol. The Labute approximate surface area is 228 Å². The van der Waals surface area contributed by atoms with Crippen molar-refractivity contribution in [1.82, 2.24) is 0 Å². The van der Waals surface area contributed by atoms with Crippen LogP contribution in [0.4, 0.5) is 11.4 Å². The van der Waals surface area contributed by atoms with E-state index in [4.69, 9.17) is 4.84 Å². The number of hydrogen-bond acceptors (Lipinski definition) is 4. The smallest absolute Gasteiger partial charge is 0.364 e. The maximum atomic E-state index is 13.6. The van der Waals surface area contributed by atoms with Crippen molar-refractivity contribution in [3.8, 4) is 22.3 Å². The minimum Gasteiger partial charge on any atom is -0.378 e. The molecule has 5 rings (SSSR count). The molecule has 192 valence electrons. The summed E-state index contributed by atoms with van der Waals surface area (Å²) >= 11 is 0. The van der Waals surface area contributed by atoms with E-state index in [-0.39, 0.29) is 0 Å². The predicted molar refractivity (Wildman–Crippen MR) is 157 cm³/mol. The first kappa shape index (κ1) is 25.5. The highest BCUT2D eigenvalue weighted by molar-refractivity contribution is 6.07. The highest BCUT2D eigenvalue weighted by atomic mass is 16.7. The lowest BCUT2D eigenvalue weighted by molar-refractivity contribution is 0.0410. The van der Waals surface area contributed by atoms with Crippen molar-refractivity contribution in [2.45, 2.75) is 0 Å². The van der Waals surface area contributed by atoms with Crippen LogP contribution >= 0.6 is 0 Å². The van der Waals surface area contributed by atoms with Gasteiger partial charge in [0.2, 0.25) is 0 Å². The molecule has 5 heteroatoms. The standard InChI is InChI=1S/C34H28N2O3/c1-35(2)29-23-21-28(22-24-29)33(37)36(30-13-7-4-8-14-30)39-34(38)32-16-10-9-15-31(32)27-19-17-26(18-20-27)25-11-5-3-6-12-25/h3-24H,1-2H3. The highest BCUT2D eigenvalue weighted by Gasteiger charge is 2.25. The molecule has 0 atom stereocenters. The Morgan fingerprint density at radius 2 is 1.08 bits per heavy atom. The van der Waals surface area contributed by atoms with Gasteiger partial charge in [-0.15, -0.1) is 5.06 Å². The Balaban J connectivity index is 1.44. The lowest BCUT2D eigenvalue weighted by Crippen LogP contribution is -2.34. The Kier molecular flexibility index (Phi) is 7.51. The molecule has 5 aromatic rings. The SMILES string of the molecule is CN(C)c1ccc(C(=O)N(OC(=O)c2ccccc2-c2ccc(-c3ccccc3)cc2)c2ccccc2)cc1. The Morgan fingerprint density at radius 3 is 1.72 bits per heavy atom. The third-order valence-corrected chi connectivity index (χ3v) is 6.43. The van der Waals surface area contributed by atoms with Gasteiger partial charge in [0.1, 0.15) is 0 Å². The number of nitrogens with zero attached hydrogens (tertiary/aromatic N) is 2. The Morgan fingerprint density at radius 1 is 0.538 bits per heavy atom. The maximum Gasteiger partial charge on any atom is 0.364 e. The molecule has 0 bridgehead atoms. The summed E-state index contributed by atoms with van der Waals surface area (Å²) in [7, 11) is 3.86. The number of carbonyl (C=O) groups excluding carboxylic acids is 2. The second kappa shape index (κ2) is 11.5. The Hall–Kier alpha value is -5.16. The van der Waals surface area contributed by atoms with E-state index in [1.54, 1.807) is 48.5 Å². The third-order valence-electron chi connectivity index (χ3n) is 6.43. The summed E-state index contributed by atoms with van der Waals surface area (Å²) in [6.07, 6.45) is 0. The number of anilines is 2. The van der Waals surface area contributed by atoms with E-state index in [0.29, 0.717) is 16.8 Å². The molecule has 5 nitrogen and oxygen atoms in total. The summed E-state index contributed by atoms with van der Waals surface area (Å²) in [4.78, 5) is 34.9. The van der Waals surface area contributed by atoms with Crippen LogP contribution in [0.5, 0.6) is 0 Å². The molecule has 0 aliphatic carbocycles. The van der Waals surface area contributed by atoms with E-state index >= 15 is 0 Å². The van der Waals surface area contributed by atoms with E-state index in [2.05, 4.69) is 12.1 Å². The van der Waals surface area contributed by atoms with E-state index in [1.165, 1.54) is 0 Å². The lowest BCUT2D eigenvalue weighted by Gasteiger charge is -2.22. The largest absolute Gasteiger partial charge is 0.378 e. The minimum atomic E-state index is -0.625. The predicted octanol–water partition coefficient (Wildman–Crippen LogP) is 7.51. The molecule has 0 aliphatic rings. The molecule has 0 unspecified atom stereocenters. The number of rotatable bonds is 6. The summed E-state index contributed by atoms with van der Waals surface area (Å²) in [5.74, 6) is -1.07. The minimum absolute atomic E-state index is 0.363. The van der Waals surface area contributed by atoms with Gasteiger partial charge in [0, 0.05) is 25.3 Å². The fourth-order valence-electron chi connectivity index (χ4n) is 4.31. The first-order chi connectivity index (χ1) is 19.0. The molecule has 0 saturated heterocycles. The molecule has 1 amide bonds. The molecular weight excluding hydrogens is 484 g/mol. The van der Waals surface area contributed by atoms with Crippen LogP contribution < -0.4 is 9.96 Å². The summed E-state index contributed by atoms with van der Waals surface area (Å²) in [6, 6.07) is 41.5. The second-order valence-corrected chi connectivity index (χ2v) is 9.24. The first-order valence-corrected chi connectivity index (χ1v) is 12.7. The molecule has 5 aromatic carbocycles. The van der Waals surface area contributed by atoms with E-state index in [9.17, 15) is 9.59 Å². The van der Waals surface area contributed by atoms with Gasteiger partial charge in [-0.2, -0.15) is 0 Å². The molecule has 0 saturated carbocycles. The van der Waals surface area contributed by atoms with E-state index in [1.807, 2.05) is 91.8 Å². The van der Waals surface area contributed by atoms with Gasteiger partial charge in [-0.25, -0.2) is 4.79 Å². The van der Waals surface area contributed by atoms with Crippen LogP contribution in [0, 0.1) is 0 Å². The van der Waals surface area contributed by atoms with E-state index < -0.39 is 11.9 Å². The van der Waals surface area contributed by atoms with Crippen molar-refractivity contribution in [1.29, 1.82) is 0 Å². The van der Waals surface area contributed by atoms with Crippen LogP contribution in [0.1, 0.15) is 20.7 Å². The zero-order valence-electron chi connectivity index (χ0n) is 21.8. The molecule has 0 heterocycles. The number of carbonyl (C=O) groups is 2. The molecule has 0 fully saturated rings. The first-order valence-electron chi connectivity index (χ1n) is 12.7. The van der Waals surface area contributed by atoms with Crippen LogP contribution in [0.2, 0.25) is 0 Å².